The minimum atomic E-state index is 0.0235. The summed E-state index contributed by atoms with van der Waals surface area (Å²) in [4.78, 5) is 17.9. The van der Waals surface area contributed by atoms with Gasteiger partial charge in [-0.25, -0.2) is 4.99 Å². The van der Waals surface area contributed by atoms with Gasteiger partial charge in [0.1, 0.15) is 6.54 Å². The molecule has 26 heavy (non-hydrogen) atoms. The van der Waals surface area contributed by atoms with Crippen LogP contribution in [0, 0.1) is 0 Å². The number of likely N-dealkylation sites (N-methyl/N-ethyl adjacent to an activating group) is 1. The van der Waals surface area contributed by atoms with Gasteiger partial charge in [0.2, 0.25) is 5.91 Å². The third-order valence-corrected chi connectivity index (χ3v) is 5.34. The van der Waals surface area contributed by atoms with Crippen molar-refractivity contribution >= 4 is 11.9 Å². The van der Waals surface area contributed by atoms with Crippen molar-refractivity contribution in [1.82, 2.24) is 15.5 Å². The van der Waals surface area contributed by atoms with Gasteiger partial charge in [0.15, 0.2) is 5.96 Å². The van der Waals surface area contributed by atoms with E-state index >= 15 is 0 Å². The highest BCUT2D eigenvalue weighted by Gasteiger charge is 2.16. The fourth-order valence-electron chi connectivity index (χ4n) is 3.64. The molecule has 6 heteroatoms. The number of nitrogens with one attached hydrogen (secondary N) is 2. The summed E-state index contributed by atoms with van der Waals surface area (Å²) >= 11 is 0. The molecule has 0 aromatic heterocycles. The van der Waals surface area contributed by atoms with Gasteiger partial charge in [-0.2, -0.15) is 0 Å². The van der Waals surface area contributed by atoms with Gasteiger partial charge in [0.05, 0.1) is 6.10 Å². The number of aliphatic imine (C=N–C) groups is 1. The molecule has 0 unspecified atom stereocenters. The molecule has 0 aliphatic heterocycles. The predicted molar refractivity (Wildman–Crippen MR) is 106 cm³/mol. The molecule has 0 aromatic carbocycles. The van der Waals surface area contributed by atoms with E-state index in [4.69, 9.17) is 4.74 Å². The summed E-state index contributed by atoms with van der Waals surface area (Å²) in [7, 11) is 3.53. The Bertz CT molecular complexity index is 428. The first-order chi connectivity index (χ1) is 12.6. The van der Waals surface area contributed by atoms with Gasteiger partial charge < -0.3 is 20.3 Å². The topological polar surface area (TPSA) is 66.0 Å². The van der Waals surface area contributed by atoms with Gasteiger partial charge in [-0.05, 0) is 32.1 Å². The number of guanidine groups is 1. The van der Waals surface area contributed by atoms with Crippen molar-refractivity contribution in [2.75, 3.05) is 33.8 Å². The first-order valence-corrected chi connectivity index (χ1v) is 10.5. The van der Waals surface area contributed by atoms with Gasteiger partial charge in [-0.1, -0.05) is 38.5 Å². The highest BCUT2D eigenvalue weighted by molar-refractivity contribution is 5.84. The Hall–Kier alpha value is -1.30. The molecule has 0 radical (unpaired) electrons. The second-order valence-corrected chi connectivity index (χ2v) is 7.84. The van der Waals surface area contributed by atoms with Crippen molar-refractivity contribution in [2.45, 2.75) is 82.8 Å². The summed E-state index contributed by atoms with van der Waals surface area (Å²) in [5.41, 5.74) is 0. The smallest absolute Gasteiger partial charge is 0.243 e. The molecule has 1 amide bonds. The number of nitrogens with zero attached hydrogens (tertiary/aromatic N) is 2. The zero-order valence-electron chi connectivity index (χ0n) is 16.8. The van der Waals surface area contributed by atoms with E-state index in [-0.39, 0.29) is 12.5 Å². The molecule has 2 saturated carbocycles. The van der Waals surface area contributed by atoms with Crippen LogP contribution in [0.4, 0.5) is 0 Å². The van der Waals surface area contributed by atoms with E-state index in [2.05, 4.69) is 15.6 Å². The Balaban J connectivity index is 1.71. The largest absolute Gasteiger partial charge is 0.378 e. The van der Waals surface area contributed by atoms with Gasteiger partial charge in [0, 0.05) is 33.3 Å². The SMILES string of the molecule is CN(C)C(=O)CN=C(NCCCOC1CCCCC1)NC1CCCCC1. The van der Waals surface area contributed by atoms with Crippen LogP contribution in [-0.2, 0) is 9.53 Å². The zero-order valence-corrected chi connectivity index (χ0v) is 16.8. The number of rotatable bonds is 8. The van der Waals surface area contributed by atoms with E-state index in [0.717, 1.165) is 25.5 Å². The summed E-state index contributed by atoms with van der Waals surface area (Å²) in [5.74, 6) is 0.792. The Morgan fingerprint density at radius 3 is 2.35 bits per heavy atom. The van der Waals surface area contributed by atoms with E-state index in [9.17, 15) is 4.79 Å². The lowest BCUT2D eigenvalue weighted by molar-refractivity contribution is -0.127. The summed E-state index contributed by atoms with van der Waals surface area (Å²) in [5, 5.41) is 6.91. The normalized spacial score (nSPS) is 20.0. The van der Waals surface area contributed by atoms with Crippen molar-refractivity contribution in [3.8, 4) is 0 Å². The number of hydrogen-bond acceptors (Lipinski definition) is 3. The molecular formula is C20H38N4O2. The molecule has 0 aromatic rings. The predicted octanol–water partition coefficient (Wildman–Crippen LogP) is 2.68. The number of carbonyl (C=O) groups excluding carboxylic acids is 1. The Morgan fingerprint density at radius 2 is 1.69 bits per heavy atom. The molecule has 0 heterocycles. The maximum absolute atomic E-state index is 11.8. The molecule has 0 saturated heterocycles. The van der Waals surface area contributed by atoms with Gasteiger partial charge in [0.25, 0.3) is 0 Å². The average Bonchev–Trinajstić information content (AvgIpc) is 2.67. The van der Waals surface area contributed by atoms with E-state index in [1.807, 2.05) is 0 Å². The molecule has 6 nitrogen and oxygen atoms in total. The third kappa shape index (κ3) is 8.39. The van der Waals surface area contributed by atoms with Crippen molar-refractivity contribution in [3.63, 3.8) is 0 Å². The Labute approximate surface area is 159 Å². The molecule has 0 atom stereocenters. The number of amides is 1. The minimum Gasteiger partial charge on any atom is -0.378 e. The molecule has 2 N–H and O–H groups in total. The first kappa shape index (κ1) is 21.0. The van der Waals surface area contributed by atoms with Crippen LogP contribution in [0.15, 0.2) is 4.99 Å². The summed E-state index contributed by atoms with van der Waals surface area (Å²) in [6.45, 7) is 1.81. The summed E-state index contributed by atoms with van der Waals surface area (Å²) < 4.78 is 5.98. The monoisotopic (exact) mass is 366 g/mol. The molecule has 0 spiro atoms. The fourth-order valence-corrected chi connectivity index (χ4v) is 3.64. The molecule has 2 rings (SSSR count). The second kappa shape index (κ2) is 12.2. The second-order valence-electron chi connectivity index (χ2n) is 7.84. The van der Waals surface area contributed by atoms with Crippen LogP contribution in [0.1, 0.15) is 70.6 Å². The van der Waals surface area contributed by atoms with Crippen LogP contribution in [-0.4, -0.2) is 62.7 Å². The highest BCUT2D eigenvalue weighted by atomic mass is 16.5. The first-order valence-electron chi connectivity index (χ1n) is 10.5. The van der Waals surface area contributed by atoms with E-state index in [0.29, 0.717) is 12.1 Å². The van der Waals surface area contributed by atoms with Crippen molar-refractivity contribution in [3.05, 3.63) is 0 Å². The summed E-state index contributed by atoms with van der Waals surface area (Å²) in [6, 6.07) is 0.475. The van der Waals surface area contributed by atoms with E-state index < -0.39 is 0 Å². The van der Waals surface area contributed by atoms with Crippen LogP contribution in [0.25, 0.3) is 0 Å². The lowest BCUT2D eigenvalue weighted by Crippen LogP contribution is -2.45. The van der Waals surface area contributed by atoms with E-state index in [1.54, 1.807) is 19.0 Å². The maximum Gasteiger partial charge on any atom is 0.243 e. The third-order valence-electron chi connectivity index (χ3n) is 5.34. The Kier molecular flexibility index (Phi) is 9.82. The van der Waals surface area contributed by atoms with Gasteiger partial charge in [-0.15, -0.1) is 0 Å². The summed E-state index contributed by atoms with van der Waals surface area (Å²) in [6.07, 6.45) is 14.1. The molecule has 2 aliphatic rings. The van der Waals surface area contributed by atoms with Crippen molar-refractivity contribution in [2.24, 2.45) is 4.99 Å². The molecule has 2 fully saturated rings. The number of ether oxygens (including phenoxy) is 1. The van der Waals surface area contributed by atoms with Crippen LogP contribution >= 0.6 is 0 Å². The standard InChI is InChI=1S/C20H38N4O2/c1-24(2)19(25)16-22-20(23-17-10-5-3-6-11-17)21-14-9-15-26-18-12-7-4-8-13-18/h17-18H,3-16H2,1-2H3,(H2,21,22,23). The van der Waals surface area contributed by atoms with Gasteiger partial charge >= 0.3 is 0 Å². The molecule has 2 aliphatic carbocycles. The van der Waals surface area contributed by atoms with Gasteiger partial charge in [-0.3, -0.25) is 4.79 Å². The minimum absolute atomic E-state index is 0.0235. The van der Waals surface area contributed by atoms with Crippen LogP contribution in [0.5, 0.6) is 0 Å². The lowest BCUT2D eigenvalue weighted by atomic mass is 9.96. The molecule has 0 bridgehead atoms. The molecule has 150 valence electrons. The quantitative estimate of drug-likeness (QED) is 0.394. The number of carbonyl (C=O) groups is 1. The zero-order chi connectivity index (χ0) is 18.6. The van der Waals surface area contributed by atoms with Crippen molar-refractivity contribution in [1.29, 1.82) is 0 Å². The maximum atomic E-state index is 11.8. The fraction of sp³-hybridized carbons (Fsp3) is 0.900. The Morgan fingerprint density at radius 1 is 1.04 bits per heavy atom. The highest BCUT2D eigenvalue weighted by Crippen LogP contribution is 2.20. The van der Waals surface area contributed by atoms with Crippen molar-refractivity contribution < 1.29 is 9.53 Å². The van der Waals surface area contributed by atoms with Crippen LogP contribution in [0.2, 0.25) is 0 Å². The lowest BCUT2D eigenvalue weighted by Gasteiger charge is -2.25. The van der Waals surface area contributed by atoms with Crippen LogP contribution < -0.4 is 10.6 Å². The molecular weight excluding hydrogens is 328 g/mol. The van der Waals surface area contributed by atoms with Crippen LogP contribution in [0.3, 0.4) is 0 Å². The average molecular weight is 367 g/mol. The number of hydrogen-bond donors (Lipinski definition) is 2. The van der Waals surface area contributed by atoms with E-state index in [1.165, 1.54) is 64.2 Å².